The van der Waals surface area contributed by atoms with Crippen LogP contribution in [0.3, 0.4) is 0 Å². The number of nitrogens with one attached hydrogen (secondary N) is 1. The van der Waals surface area contributed by atoms with Crippen molar-refractivity contribution in [1.29, 1.82) is 0 Å². The van der Waals surface area contributed by atoms with Crippen LogP contribution in [0.15, 0.2) is 30.9 Å². The molecular weight excluding hydrogens is 186 g/mol. The molecule has 1 N–H and O–H groups in total. The Balaban J connectivity index is 2.44. The van der Waals surface area contributed by atoms with Gasteiger partial charge in [-0.25, -0.2) is 9.97 Å². The first kappa shape index (κ1) is 9.90. The van der Waals surface area contributed by atoms with Crippen molar-refractivity contribution in [3.05, 3.63) is 36.5 Å². The van der Waals surface area contributed by atoms with E-state index in [-0.39, 0.29) is 5.41 Å². The molecular formula is C12H15N3. The molecule has 2 aromatic rings. The second-order valence-electron chi connectivity index (χ2n) is 4.64. The van der Waals surface area contributed by atoms with E-state index in [0.717, 1.165) is 17.0 Å². The molecule has 0 fully saturated rings. The fourth-order valence-electron chi connectivity index (χ4n) is 1.41. The average molecular weight is 201 g/mol. The highest BCUT2D eigenvalue weighted by Gasteiger charge is 2.16. The molecule has 2 heterocycles. The first-order chi connectivity index (χ1) is 7.07. The van der Waals surface area contributed by atoms with Crippen molar-refractivity contribution in [2.45, 2.75) is 26.2 Å². The van der Waals surface area contributed by atoms with Crippen molar-refractivity contribution in [3.63, 3.8) is 0 Å². The lowest BCUT2D eigenvalue weighted by molar-refractivity contribution is 0.567. The average Bonchev–Trinajstić information content (AvgIpc) is 2.69. The van der Waals surface area contributed by atoms with E-state index in [1.165, 1.54) is 0 Å². The maximum Gasteiger partial charge on any atom is 0.116 e. The molecule has 0 spiro atoms. The predicted octanol–water partition coefficient (Wildman–Crippen LogP) is 2.77. The molecule has 0 atom stereocenters. The molecule has 0 unspecified atom stereocenters. The van der Waals surface area contributed by atoms with E-state index in [1.54, 1.807) is 6.33 Å². The summed E-state index contributed by atoms with van der Waals surface area (Å²) in [5.41, 5.74) is 3.20. The molecule has 0 aliphatic rings. The quantitative estimate of drug-likeness (QED) is 0.770. The lowest BCUT2D eigenvalue weighted by atomic mass is 9.91. The van der Waals surface area contributed by atoms with Crippen LogP contribution in [0.1, 0.15) is 26.5 Å². The van der Waals surface area contributed by atoms with E-state index in [0.29, 0.717) is 0 Å². The molecule has 0 radical (unpaired) electrons. The van der Waals surface area contributed by atoms with Gasteiger partial charge in [0.2, 0.25) is 0 Å². The van der Waals surface area contributed by atoms with E-state index in [4.69, 9.17) is 0 Å². The van der Waals surface area contributed by atoms with Crippen LogP contribution < -0.4 is 0 Å². The summed E-state index contributed by atoms with van der Waals surface area (Å²) < 4.78 is 0. The smallest absolute Gasteiger partial charge is 0.116 e. The topological polar surface area (TPSA) is 41.6 Å². The minimum absolute atomic E-state index is 0.0635. The number of nitrogens with zero attached hydrogens (tertiary/aromatic N) is 2. The molecule has 2 aromatic heterocycles. The van der Waals surface area contributed by atoms with E-state index < -0.39 is 0 Å². The fourth-order valence-corrected chi connectivity index (χ4v) is 1.41. The fraction of sp³-hybridized carbons (Fsp3) is 0.333. The molecule has 78 valence electrons. The van der Waals surface area contributed by atoms with Gasteiger partial charge in [0.05, 0.1) is 5.69 Å². The first-order valence-electron chi connectivity index (χ1n) is 5.03. The Morgan fingerprint density at radius 3 is 2.60 bits per heavy atom. The van der Waals surface area contributed by atoms with Crippen LogP contribution >= 0.6 is 0 Å². The molecule has 3 nitrogen and oxygen atoms in total. The summed E-state index contributed by atoms with van der Waals surface area (Å²) in [6.45, 7) is 6.45. The van der Waals surface area contributed by atoms with Crippen LogP contribution in [-0.4, -0.2) is 15.0 Å². The second-order valence-corrected chi connectivity index (χ2v) is 4.64. The van der Waals surface area contributed by atoms with Crippen molar-refractivity contribution < 1.29 is 0 Å². The summed E-state index contributed by atoms with van der Waals surface area (Å²) in [6.07, 6.45) is 5.46. The summed E-state index contributed by atoms with van der Waals surface area (Å²) in [5.74, 6) is 0. The minimum Gasteiger partial charge on any atom is -0.367 e. The summed E-state index contributed by atoms with van der Waals surface area (Å²) >= 11 is 0. The lowest BCUT2D eigenvalue weighted by Crippen LogP contribution is -2.13. The SMILES string of the molecule is CC(C)(C)c1cc(-c2cc[nH]c2)ncn1. The molecule has 15 heavy (non-hydrogen) atoms. The normalized spacial score (nSPS) is 11.7. The third kappa shape index (κ3) is 2.06. The van der Waals surface area contributed by atoms with Crippen LogP contribution in [0.25, 0.3) is 11.3 Å². The zero-order chi connectivity index (χ0) is 10.9. The summed E-state index contributed by atoms with van der Waals surface area (Å²) in [7, 11) is 0. The molecule has 0 aliphatic carbocycles. The van der Waals surface area contributed by atoms with Gasteiger partial charge >= 0.3 is 0 Å². The van der Waals surface area contributed by atoms with Gasteiger partial charge in [-0.05, 0) is 12.1 Å². The Bertz CT molecular complexity index is 438. The standard InChI is InChI=1S/C12H15N3/c1-12(2,3)11-6-10(14-8-15-11)9-4-5-13-7-9/h4-8,13H,1-3H3. The Hall–Kier alpha value is -1.64. The van der Waals surface area contributed by atoms with Gasteiger partial charge in [-0.3, -0.25) is 0 Å². The van der Waals surface area contributed by atoms with Crippen LogP contribution in [0.4, 0.5) is 0 Å². The van der Waals surface area contributed by atoms with Crippen molar-refractivity contribution in [2.75, 3.05) is 0 Å². The van der Waals surface area contributed by atoms with Crippen LogP contribution in [0, 0.1) is 0 Å². The number of H-pyrrole nitrogens is 1. The zero-order valence-corrected chi connectivity index (χ0v) is 9.28. The van der Waals surface area contributed by atoms with Gasteiger partial charge in [-0.1, -0.05) is 20.8 Å². The monoisotopic (exact) mass is 201 g/mol. The van der Waals surface area contributed by atoms with Gasteiger partial charge in [0.15, 0.2) is 0 Å². The third-order valence-corrected chi connectivity index (χ3v) is 2.33. The van der Waals surface area contributed by atoms with Gasteiger partial charge in [-0.15, -0.1) is 0 Å². The van der Waals surface area contributed by atoms with E-state index in [9.17, 15) is 0 Å². The highest BCUT2D eigenvalue weighted by Crippen LogP contribution is 2.23. The molecule has 3 heteroatoms. The van der Waals surface area contributed by atoms with E-state index in [2.05, 4.69) is 35.7 Å². The zero-order valence-electron chi connectivity index (χ0n) is 9.28. The Labute approximate surface area is 89.6 Å². The van der Waals surface area contributed by atoms with E-state index in [1.807, 2.05) is 24.5 Å². The number of aromatic nitrogens is 3. The molecule has 0 saturated carbocycles. The second kappa shape index (κ2) is 3.50. The maximum atomic E-state index is 4.30. The van der Waals surface area contributed by atoms with Gasteiger partial charge in [0.25, 0.3) is 0 Å². The Kier molecular flexibility index (Phi) is 2.31. The Morgan fingerprint density at radius 1 is 1.20 bits per heavy atom. The molecule has 0 saturated heterocycles. The molecule has 0 aliphatic heterocycles. The summed E-state index contributed by atoms with van der Waals surface area (Å²) in [5, 5.41) is 0. The van der Waals surface area contributed by atoms with Crippen molar-refractivity contribution in [1.82, 2.24) is 15.0 Å². The molecule has 0 amide bonds. The number of hydrogen-bond donors (Lipinski definition) is 1. The van der Waals surface area contributed by atoms with Crippen molar-refractivity contribution in [2.24, 2.45) is 0 Å². The number of hydrogen-bond acceptors (Lipinski definition) is 2. The predicted molar refractivity (Wildman–Crippen MR) is 60.5 cm³/mol. The number of aromatic amines is 1. The van der Waals surface area contributed by atoms with E-state index >= 15 is 0 Å². The van der Waals surface area contributed by atoms with Gasteiger partial charge in [0, 0.05) is 29.1 Å². The minimum atomic E-state index is 0.0635. The van der Waals surface area contributed by atoms with Gasteiger partial charge < -0.3 is 4.98 Å². The lowest BCUT2D eigenvalue weighted by Gasteiger charge is -2.17. The summed E-state index contributed by atoms with van der Waals surface area (Å²) in [6, 6.07) is 4.05. The van der Waals surface area contributed by atoms with Crippen molar-refractivity contribution in [3.8, 4) is 11.3 Å². The Morgan fingerprint density at radius 2 is 2.00 bits per heavy atom. The maximum absolute atomic E-state index is 4.30. The summed E-state index contributed by atoms with van der Waals surface area (Å²) in [4.78, 5) is 11.6. The third-order valence-electron chi connectivity index (χ3n) is 2.33. The number of rotatable bonds is 1. The molecule has 0 aromatic carbocycles. The molecule has 2 rings (SSSR count). The van der Waals surface area contributed by atoms with Crippen molar-refractivity contribution >= 4 is 0 Å². The highest BCUT2D eigenvalue weighted by molar-refractivity contribution is 5.58. The van der Waals surface area contributed by atoms with Crippen LogP contribution in [-0.2, 0) is 5.41 Å². The highest BCUT2D eigenvalue weighted by atomic mass is 14.8. The van der Waals surface area contributed by atoms with Crippen LogP contribution in [0.5, 0.6) is 0 Å². The van der Waals surface area contributed by atoms with Gasteiger partial charge in [0.1, 0.15) is 6.33 Å². The van der Waals surface area contributed by atoms with Crippen LogP contribution in [0.2, 0.25) is 0 Å². The van der Waals surface area contributed by atoms with Gasteiger partial charge in [-0.2, -0.15) is 0 Å². The first-order valence-corrected chi connectivity index (χ1v) is 5.03. The molecule has 0 bridgehead atoms. The largest absolute Gasteiger partial charge is 0.367 e.